The van der Waals surface area contributed by atoms with Crippen LogP contribution in [0.1, 0.15) is 10.5 Å². The summed E-state index contributed by atoms with van der Waals surface area (Å²) in [5.74, 6) is 0.130. The summed E-state index contributed by atoms with van der Waals surface area (Å²) in [5.41, 5.74) is 1.39. The van der Waals surface area contributed by atoms with E-state index in [2.05, 4.69) is 25.8 Å². The standard InChI is InChI=1S/C14H10Cl2N6O/c1-22-13(19-20-21-22)8-3-2-4-9(7-8)17-14(23)12-10(15)5-6-11(16)18-12/h2-7H,1H3,(H,17,23). The van der Waals surface area contributed by atoms with Crippen LogP contribution < -0.4 is 5.32 Å². The number of aryl methyl sites for hydroxylation is 1. The molecule has 0 aliphatic rings. The number of hydrogen-bond donors (Lipinski definition) is 1. The number of amides is 1. The van der Waals surface area contributed by atoms with E-state index in [1.54, 1.807) is 25.2 Å². The van der Waals surface area contributed by atoms with Gasteiger partial charge in [0.15, 0.2) is 5.82 Å². The van der Waals surface area contributed by atoms with E-state index in [0.29, 0.717) is 11.5 Å². The molecule has 3 rings (SSSR count). The molecule has 3 aromatic rings. The summed E-state index contributed by atoms with van der Waals surface area (Å²) in [6, 6.07) is 10.2. The first-order valence-corrected chi connectivity index (χ1v) is 7.26. The molecule has 116 valence electrons. The van der Waals surface area contributed by atoms with Gasteiger partial charge in [-0.15, -0.1) is 5.10 Å². The fourth-order valence-electron chi connectivity index (χ4n) is 1.98. The highest BCUT2D eigenvalue weighted by Gasteiger charge is 2.14. The first-order valence-electron chi connectivity index (χ1n) is 6.51. The van der Waals surface area contributed by atoms with Crippen molar-refractivity contribution in [3.8, 4) is 11.4 Å². The number of nitrogens with one attached hydrogen (secondary N) is 1. The number of aromatic nitrogens is 5. The van der Waals surface area contributed by atoms with Gasteiger partial charge < -0.3 is 5.32 Å². The molecule has 0 aliphatic carbocycles. The molecule has 2 aromatic heterocycles. The van der Waals surface area contributed by atoms with Crippen molar-refractivity contribution in [2.75, 3.05) is 5.32 Å². The Bertz CT molecular complexity index is 879. The first-order chi connectivity index (χ1) is 11.0. The van der Waals surface area contributed by atoms with Crippen molar-refractivity contribution in [2.45, 2.75) is 0 Å². The molecule has 1 aromatic carbocycles. The van der Waals surface area contributed by atoms with E-state index >= 15 is 0 Å². The lowest BCUT2D eigenvalue weighted by atomic mass is 10.2. The van der Waals surface area contributed by atoms with Crippen LogP contribution in [0, 0.1) is 0 Å². The molecule has 0 saturated carbocycles. The van der Waals surface area contributed by atoms with E-state index in [-0.39, 0.29) is 15.9 Å². The molecule has 1 amide bonds. The third kappa shape index (κ3) is 3.30. The Hall–Kier alpha value is -2.51. The molecule has 0 unspecified atom stereocenters. The summed E-state index contributed by atoms with van der Waals surface area (Å²) in [7, 11) is 1.73. The van der Waals surface area contributed by atoms with Crippen molar-refractivity contribution < 1.29 is 4.79 Å². The fourth-order valence-corrected chi connectivity index (χ4v) is 2.32. The van der Waals surface area contributed by atoms with E-state index in [1.165, 1.54) is 16.8 Å². The number of benzene rings is 1. The SMILES string of the molecule is Cn1nnnc1-c1cccc(NC(=O)c2nc(Cl)ccc2Cl)c1. The summed E-state index contributed by atoms with van der Waals surface area (Å²) >= 11 is 11.8. The second kappa shape index (κ2) is 6.31. The Morgan fingerprint density at radius 2 is 2.04 bits per heavy atom. The second-order valence-corrected chi connectivity index (χ2v) is 5.42. The monoisotopic (exact) mass is 348 g/mol. The quantitative estimate of drug-likeness (QED) is 0.735. The smallest absolute Gasteiger partial charge is 0.275 e. The van der Waals surface area contributed by atoms with Crippen molar-refractivity contribution in [1.82, 2.24) is 25.2 Å². The van der Waals surface area contributed by atoms with Gasteiger partial charge in [0.2, 0.25) is 0 Å². The highest BCUT2D eigenvalue weighted by molar-refractivity contribution is 6.35. The number of hydrogen-bond acceptors (Lipinski definition) is 5. The number of pyridine rings is 1. The van der Waals surface area contributed by atoms with Gasteiger partial charge in [0, 0.05) is 18.3 Å². The molecule has 0 aliphatic heterocycles. The number of anilines is 1. The molecule has 1 N–H and O–H groups in total. The molecular weight excluding hydrogens is 339 g/mol. The maximum absolute atomic E-state index is 12.3. The second-order valence-electron chi connectivity index (χ2n) is 4.63. The van der Waals surface area contributed by atoms with Crippen molar-refractivity contribution in [2.24, 2.45) is 7.05 Å². The van der Waals surface area contributed by atoms with Gasteiger partial charge in [-0.1, -0.05) is 35.3 Å². The van der Waals surface area contributed by atoms with Gasteiger partial charge in [0.1, 0.15) is 10.8 Å². The van der Waals surface area contributed by atoms with Crippen LogP contribution in [0.3, 0.4) is 0 Å². The topological polar surface area (TPSA) is 85.6 Å². The van der Waals surface area contributed by atoms with Crippen LogP contribution in [0.5, 0.6) is 0 Å². The van der Waals surface area contributed by atoms with Crippen LogP contribution in [-0.2, 0) is 7.05 Å². The molecule has 0 saturated heterocycles. The zero-order valence-corrected chi connectivity index (χ0v) is 13.4. The van der Waals surface area contributed by atoms with Gasteiger partial charge >= 0.3 is 0 Å². The van der Waals surface area contributed by atoms with Crippen LogP contribution in [0.15, 0.2) is 36.4 Å². The largest absolute Gasteiger partial charge is 0.321 e. The average molecular weight is 349 g/mol. The fraction of sp³-hybridized carbons (Fsp3) is 0.0714. The Morgan fingerprint density at radius 1 is 1.22 bits per heavy atom. The zero-order chi connectivity index (χ0) is 16.4. The molecule has 0 radical (unpaired) electrons. The lowest BCUT2D eigenvalue weighted by Gasteiger charge is -2.08. The maximum Gasteiger partial charge on any atom is 0.275 e. The summed E-state index contributed by atoms with van der Waals surface area (Å²) < 4.78 is 1.54. The van der Waals surface area contributed by atoms with E-state index in [1.807, 2.05) is 6.07 Å². The number of carbonyl (C=O) groups excluding carboxylic acids is 1. The van der Waals surface area contributed by atoms with Gasteiger partial charge in [-0.3, -0.25) is 4.79 Å². The zero-order valence-electron chi connectivity index (χ0n) is 11.9. The summed E-state index contributed by atoms with van der Waals surface area (Å²) in [5, 5.41) is 14.4. The Morgan fingerprint density at radius 3 is 2.78 bits per heavy atom. The third-order valence-electron chi connectivity index (χ3n) is 3.03. The Labute approximate surface area is 141 Å². The van der Waals surface area contributed by atoms with E-state index < -0.39 is 5.91 Å². The molecule has 2 heterocycles. The minimum absolute atomic E-state index is 0.0601. The van der Waals surface area contributed by atoms with Gasteiger partial charge in [-0.25, -0.2) is 9.67 Å². The van der Waals surface area contributed by atoms with Crippen LogP contribution >= 0.6 is 23.2 Å². The molecular formula is C14H10Cl2N6O. The van der Waals surface area contributed by atoms with E-state index in [0.717, 1.165) is 5.56 Å². The Balaban J connectivity index is 1.87. The molecule has 23 heavy (non-hydrogen) atoms. The predicted molar refractivity (Wildman–Crippen MR) is 86.4 cm³/mol. The normalized spacial score (nSPS) is 10.6. The molecule has 0 fully saturated rings. The minimum Gasteiger partial charge on any atom is -0.321 e. The van der Waals surface area contributed by atoms with Crippen molar-refractivity contribution in [3.63, 3.8) is 0 Å². The van der Waals surface area contributed by atoms with Crippen LogP contribution in [-0.4, -0.2) is 31.1 Å². The van der Waals surface area contributed by atoms with Gasteiger partial charge in [-0.05, 0) is 34.7 Å². The van der Waals surface area contributed by atoms with Gasteiger partial charge in [0.05, 0.1) is 5.02 Å². The summed E-state index contributed by atoms with van der Waals surface area (Å²) in [6.45, 7) is 0. The number of halogens is 2. The van der Waals surface area contributed by atoms with E-state index in [4.69, 9.17) is 23.2 Å². The number of nitrogens with zero attached hydrogens (tertiary/aromatic N) is 5. The predicted octanol–water partition coefficient (Wildman–Crippen LogP) is 2.83. The number of tetrazole rings is 1. The minimum atomic E-state index is -0.453. The lowest BCUT2D eigenvalue weighted by molar-refractivity contribution is 0.102. The molecule has 9 heteroatoms. The van der Waals surface area contributed by atoms with Crippen LogP contribution in [0.2, 0.25) is 10.2 Å². The molecule has 7 nitrogen and oxygen atoms in total. The summed E-state index contributed by atoms with van der Waals surface area (Å²) in [4.78, 5) is 16.2. The third-order valence-corrected chi connectivity index (χ3v) is 3.54. The highest BCUT2D eigenvalue weighted by Crippen LogP contribution is 2.22. The van der Waals surface area contributed by atoms with E-state index in [9.17, 15) is 4.79 Å². The van der Waals surface area contributed by atoms with Crippen molar-refractivity contribution in [1.29, 1.82) is 0 Å². The van der Waals surface area contributed by atoms with Crippen molar-refractivity contribution in [3.05, 3.63) is 52.3 Å². The molecule has 0 atom stereocenters. The van der Waals surface area contributed by atoms with Crippen LogP contribution in [0.4, 0.5) is 5.69 Å². The number of carbonyl (C=O) groups is 1. The summed E-state index contributed by atoms with van der Waals surface area (Å²) in [6.07, 6.45) is 0. The molecule has 0 spiro atoms. The Kier molecular flexibility index (Phi) is 4.22. The van der Waals surface area contributed by atoms with Crippen molar-refractivity contribution >= 4 is 34.8 Å². The maximum atomic E-state index is 12.3. The van der Waals surface area contributed by atoms with Crippen LogP contribution in [0.25, 0.3) is 11.4 Å². The molecule has 0 bridgehead atoms. The highest BCUT2D eigenvalue weighted by atomic mass is 35.5. The number of rotatable bonds is 3. The van der Waals surface area contributed by atoms with Gasteiger partial charge in [-0.2, -0.15) is 0 Å². The average Bonchev–Trinajstić information content (AvgIpc) is 2.96. The lowest BCUT2D eigenvalue weighted by Crippen LogP contribution is -2.14. The van der Waals surface area contributed by atoms with Gasteiger partial charge in [0.25, 0.3) is 5.91 Å². The first kappa shape index (κ1) is 15.4.